The second-order valence-electron chi connectivity index (χ2n) is 3.54. The third-order valence-corrected chi connectivity index (χ3v) is 1.75. The van der Waals surface area contributed by atoms with Crippen molar-refractivity contribution < 1.29 is 14.3 Å². The Morgan fingerprint density at radius 3 is 2.50 bits per heavy atom. The zero-order valence-corrected chi connectivity index (χ0v) is 7.92. The van der Waals surface area contributed by atoms with Crippen LogP contribution in [0.25, 0.3) is 0 Å². The van der Waals surface area contributed by atoms with Crippen LogP contribution in [0.1, 0.15) is 33.1 Å². The van der Waals surface area contributed by atoms with Crippen LogP contribution in [0.15, 0.2) is 0 Å². The molecular formula is C9H16O3. The lowest BCUT2D eigenvalue weighted by Crippen LogP contribution is -2.13. The first kappa shape index (κ1) is 11.1. The van der Waals surface area contributed by atoms with Crippen LogP contribution in [0.3, 0.4) is 0 Å². The Hall–Kier alpha value is -0.860. The topological polar surface area (TPSA) is 43.4 Å². The number of ether oxygens (including phenoxy) is 1. The second kappa shape index (κ2) is 4.91. The molecular weight excluding hydrogens is 156 g/mol. The molecule has 70 valence electrons. The van der Waals surface area contributed by atoms with Crippen LogP contribution in [-0.4, -0.2) is 19.4 Å². The summed E-state index contributed by atoms with van der Waals surface area (Å²) in [7, 11) is 1.37. The van der Waals surface area contributed by atoms with Gasteiger partial charge in [0.25, 0.3) is 0 Å². The molecule has 0 atom stereocenters. The highest BCUT2D eigenvalue weighted by molar-refractivity contribution is 5.69. The molecule has 0 bridgehead atoms. The van der Waals surface area contributed by atoms with E-state index in [0.717, 1.165) is 12.7 Å². The zero-order chi connectivity index (χ0) is 9.61. The highest BCUT2D eigenvalue weighted by atomic mass is 16.5. The SMILES string of the molecule is COC(=O)CCCC(C)(C)C=O. The van der Waals surface area contributed by atoms with Gasteiger partial charge in [-0.2, -0.15) is 0 Å². The lowest BCUT2D eigenvalue weighted by molar-refractivity contribution is -0.141. The molecule has 0 aromatic rings. The Kier molecular flexibility index (Phi) is 4.55. The van der Waals surface area contributed by atoms with Crippen molar-refractivity contribution >= 4 is 12.3 Å². The average molecular weight is 172 g/mol. The largest absolute Gasteiger partial charge is 0.469 e. The summed E-state index contributed by atoms with van der Waals surface area (Å²) in [5.41, 5.74) is -0.311. The minimum atomic E-state index is -0.311. The van der Waals surface area contributed by atoms with E-state index in [0.29, 0.717) is 12.8 Å². The molecule has 0 fully saturated rings. The molecule has 0 heterocycles. The molecule has 0 unspecified atom stereocenters. The molecule has 0 rings (SSSR count). The smallest absolute Gasteiger partial charge is 0.305 e. The molecule has 12 heavy (non-hydrogen) atoms. The number of esters is 1. The van der Waals surface area contributed by atoms with E-state index in [4.69, 9.17) is 0 Å². The number of rotatable bonds is 5. The summed E-state index contributed by atoms with van der Waals surface area (Å²) in [6.45, 7) is 3.72. The first-order valence-electron chi connectivity index (χ1n) is 4.05. The minimum Gasteiger partial charge on any atom is -0.469 e. The molecule has 0 aliphatic carbocycles. The summed E-state index contributed by atoms with van der Waals surface area (Å²) < 4.78 is 4.47. The lowest BCUT2D eigenvalue weighted by Gasteiger charge is -2.15. The van der Waals surface area contributed by atoms with Gasteiger partial charge in [-0.05, 0) is 12.8 Å². The molecule has 3 nitrogen and oxygen atoms in total. The van der Waals surface area contributed by atoms with Crippen molar-refractivity contribution in [1.82, 2.24) is 0 Å². The summed E-state index contributed by atoms with van der Waals surface area (Å²) in [4.78, 5) is 21.1. The predicted molar refractivity (Wildman–Crippen MR) is 45.7 cm³/mol. The summed E-state index contributed by atoms with van der Waals surface area (Å²) in [6.07, 6.45) is 2.75. The molecule has 0 amide bonds. The number of methoxy groups -OCH3 is 1. The predicted octanol–water partition coefficient (Wildman–Crippen LogP) is 1.55. The van der Waals surface area contributed by atoms with Gasteiger partial charge < -0.3 is 9.53 Å². The van der Waals surface area contributed by atoms with Crippen LogP contribution in [0, 0.1) is 5.41 Å². The molecule has 0 saturated carbocycles. The van der Waals surface area contributed by atoms with Gasteiger partial charge in [0, 0.05) is 11.8 Å². The van der Waals surface area contributed by atoms with E-state index in [2.05, 4.69) is 4.74 Å². The lowest BCUT2D eigenvalue weighted by atomic mass is 9.89. The number of carbonyl (C=O) groups is 2. The Morgan fingerprint density at radius 2 is 2.08 bits per heavy atom. The van der Waals surface area contributed by atoms with Gasteiger partial charge in [-0.3, -0.25) is 4.79 Å². The van der Waals surface area contributed by atoms with Crippen molar-refractivity contribution in [3.8, 4) is 0 Å². The van der Waals surface area contributed by atoms with E-state index in [1.54, 1.807) is 0 Å². The molecule has 3 heteroatoms. The Labute approximate surface area is 73.1 Å². The summed E-state index contributed by atoms with van der Waals surface area (Å²) >= 11 is 0. The molecule has 0 spiro atoms. The maximum Gasteiger partial charge on any atom is 0.305 e. The van der Waals surface area contributed by atoms with E-state index >= 15 is 0 Å². The molecule has 0 aliphatic rings. The van der Waals surface area contributed by atoms with Crippen molar-refractivity contribution in [3.05, 3.63) is 0 Å². The van der Waals surface area contributed by atoms with Crippen LogP contribution in [0.5, 0.6) is 0 Å². The van der Waals surface area contributed by atoms with Crippen molar-refractivity contribution in [2.24, 2.45) is 5.41 Å². The first-order valence-corrected chi connectivity index (χ1v) is 4.05. The van der Waals surface area contributed by atoms with Gasteiger partial charge in [0.2, 0.25) is 0 Å². The summed E-state index contributed by atoms with van der Waals surface area (Å²) in [6, 6.07) is 0. The molecule has 0 aliphatic heterocycles. The van der Waals surface area contributed by atoms with Gasteiger partial charge in [-0.15, -0.1) is 0 Å². The fraction of sp³-hybridized carbons (Fsp3) is 0.778. The van der Waals surface area contributed by atoms with Gasteiger partial charge in [-0.1, -0.05) is 13.8 Å². The third kappa shape index (κ3) is 4.88. The third-order valence-electron chi connectivity index (χ3n) is 1.75. The van der Waals surface area contributed by atoms with E-state index in [9.17, 15) is 9.59 Å². The monoisotopic (exact) mass is 172 g/mol. The molecule has 0 aromatic heterocycles. The Balaban J connectivity index is 3.56. The zero-order valence-electron chi connectivity index (χ0n) is 7.92. The van der Waals surface area contributed by atoms with Gasteiger partial charge in [-0.25, -0.2) is 0 Å². The number of aldehydes is 1. The van der Waals surface area contributed by atoms with Crippen molar-refractivity contribution in [2.45, 2.75) is 33.1 Å². The van der Waals surface area contributed by atoms with Crippen LogP contribution in [0.4, 0.5) is 0 Å². The van der Waals surface area contributed by atoms with Crippen LogP contribution in [-0.2, 0) is 14.3 Å². The maximum atomic E-state index is 10.7. The van der Waals surface area contributed by atoms with Crippen molar-refractivity contribution in [2.75, 3.05) is 7.11 Å². The number of hydrogen-bond donors (Lipinski definition) is 0. The number of hydrogen-bond acceptors (Lipinski definition) is 3. The van der Waals surface area contributed by atoms with E-state index in [1.165, 1.54) is 7.11 Å². The maximum absolute atomic E-state index is 10.7. The Morgan fingerprint density at radius 1 is 1.50 bits per heavy atom. The van der Waals surface area contributed by atoms with Gasteiger partial charge in [0.05, 0.1) is 7.11 Å². The van der Waals surface area contributed by atoms with Crippen LogP contribution < -0.4 is 0 Å². The fourth-order valence-corrected chi connectivity index (χ4v) is 0.849. The van der Waals surface area contributed by atoms with Gasteiger partial charge >= 0.3 is 5.97 Å². The Bertz CT molecular complexity index is 161. The fourth-order valence-electron chi connectivity index (χ4n) is 0.849. The molecule has 0 saturated heterocycles. The van der Waals surface area contributed by atoms with Crippen LogP contribution >= 0.6 is 0 Å². The quantitative estimate of drug-likeness (QED) is 0.467. The number of carbonyl (C=O) groups excluding carboxylic acids is 2. The van der Waals surface area contributed by atoms with Crippen molar-refractivity contribution in [1.29, 1.82) is 0 Å². The minimum absolute atomic E-state index is 0.211. The summed E-state index contributed by atoms with van der Waals surface area (Å²) in [5.74, 6) is -0.211. The standard InChI is InChI=1S/C9H16O3/c1-9(2,7-10)6-4-5-8(11)12-3/h7H,4-6H2,1-3H3. The van der Waals surface area contributed by atoms with Gasteiger partial charge in [0.15, 0.2) is 0 Å². The molecule has 0 aromatic carbocycles. The highest BCUT2D eigenvalue weighted by Crippen LogP contribution is 2.19. The first-order chi connectivity index (χ1) is 5.52. The second-order valence-corrected chi connectivity index (χ2v) is 3.54. The van der Waals surface area contributed by atoms with Crippen molar-refractivity contribution in [3.63, 3.8) is 0 Å². The summed E-state index contributed by atoms with van der Waals surface area (Å²) in [5, 5.41) is 0. The highest BCUT2D eigenvalue weighted by Gasteiger charge is 2.16. The van der Waals surface area contributed by atoms with E-state index < -0.39 is 0 Å². The van der Waals surface area contributed by atoms with Crippen LogP contribution in [0.2, 0.25) is 0 Å². The molecule has 0 N–H and O–H groups in total. The molecule has 0 radical (unpaired) electrons. The average Bonchev–Trinajstić information content (AvgIpc) is 2.04. The van der Waals surface area contributed by atoms with E-state index in [1.807, 2.05) is 13.8 Å². The van der Waals surface area contributed by atoms with Gasteiger partial charge in [0.1, 0.15) is 6.29 Å². The normalized spacial score (nSPS) is 10.9. The van der Waals surface area contributed by atoms with E-state index in [-0.39, 0.29) is 11.4 Å².